The second kappa shape index (κ2) is 4.72. The van der Waals surface area contributed by atoms with Gasteiger partial charge in [0.25, 0.3) is 11.6 Å². The lowest BCUT2D eigenvalue weighted by Gasteiger charge is -2.07. The number of benzene rings is 1. The van der Waals surface area contributed by atoms with E-state index >= 15 is 0 Å². The summed E-state index contributed by atoms with van der Waals surface area (Å²) in [5.41, 5.74) is 3.78. The van der Waals surface area contributed by atoms with Crippen molar-refractivity contribution in [3.63, 3.8) is 0 Å². The first-order chi connectivity index (χ1) is 9.00. The number of carbonyl (C=O) groups is 1. The number of amides is 1. The summed E-state index contributed by atoms with van der Waals surface area (Å²) in [4.78, 5) is 28.0. The van der Waals surface area contributed by atoms with E-state index in [2.05, 4.69) is 15.3 Å². The highest BCUT2D eigenvalue weighted by molar-refractivity contribution is 6.08. The van der Waals surface area contributed by atoms with Gasteiger partial charge < -0.3 is 10.7 Å². The highest BCUT2D eigenvalue weighted by Crippen LogP contribution is 2.27. The monoisotopic (exact) mass is 265 g/mol. The first-order valence-corrected chi connectivity index (χ1v) is 5.04. The van der Waals surface area contributed by atoms with Gasteiger partial charge in [-0.3, -0.25) is 20.2 Å². The van der Waals surface area contributed by atoms with Gasteiger partial charge in [0.05, 0.1) is 4.92 Å². The van der Waals surface area contributed by atoms with E-state index in [0.717, 1.165) is 12.1 Å². The maximum absolute atomic E-state index is 13.6. The van der Waals surface area contributed by atoms with Crippen molar-refractivity contribution < 1.29 is 14.1 Å². The van der Waals surface area contributed by atoms with Crippen LogP contribution < -0.4 is 11.1 Å². The summed E-state index contributed by atoms with van der Waals surface area (Å²) in [6.45, 7) is 0. The Morgan fingerprint density at radius 3 is 2.84 bits per heavy atom. The molecule has 2 aromatic rings. The van der Waals surface area contributed by atoms with Crippen molar-refractivity contribution in [1.82, 2.24) is 9.97 Å². The van der Waals surface area contributed by atoms with Crippen molar-refractivity contribution in [2.75, 3.05) is 11.1 Å². The molecular weight excluding hydrogens is 257 g/mol. The fourth-order valence-electron chi connectivity index (χ4n) is 1.48. The molecule has 9 heteroatoms. The number of nitro benzene ring substituents is 1. The van der Waals surface area contributed by atoms with Gasteiger partial charge in [-0.25, -0.2) is 9.37 Å². The number of imidazole rings is 1. The van der Waals surface area contributed by atoms with Gasteiger partial charge in [0, 0.05) is 18.5 Å². The molecule has 98 valence electrons. The Hall–Kier alpha value is -2.97. The van der Waals surface area contributed by atoms with E-state index in [4.69, 9.17) is 5.73 Å². The van der Waals surface area contributed by atoms with E-state index in [9.17, 15) is 19.3 Å². The number of hydrogen-bond donors (Lipinski definition) is 3. The molecule has 1 heterocycles. The van der Waals surface area contributed by atoms with Gasteiger partial charge in [0.2, 0.25) is 5.95 Å². The largest absolute Gasteiger partial charge is 0.392 e. The van der Waals surface area contributed by atoms with Crippen molar-refractivity contribution in [3.05, 3.63) is 46.0 Å². The lowest BCUT2D eigenvalue weighted by molar-refractivity contribution is -0.384. The Labute approximate surface area is 105 Å². The fourth-order valence-corrected chi connectivity index (χ4v) is 1.48. The fraction of sp³-hybridized carbons (Fsp3) is 0. The van der Waals surface area contributed by atoms with Crippen molar-refractivity contribution in [3.8, 4) is 0 Å². The molecule has 8 nitrogen and oxygen atoms in total. The van der Waals surface area contributed by atoms with Crippen molar-refractivity contribution in [2.45, 2.75) is 0 Å². The summed E-state index contributed by atoms with van der Waals surface area (Å²) >= 11 is 0. The molecule has 1 aromatic carbocycles. The summed E-state index contributed by atoms with van der Waals surface area (Å²) in [7, 11) is 0. The lowest BCUT2D eigenvalue weighted by atomic mass is 10.1. The zero-order chi connectivity index (χ0) is 14.0. The number of rotatable bonds is 3. The minimum Gasteiger partial charge on any atom is -0.392 e. The van der Waals surface area contributed by atoms with Crippen LogP contribution in [0.25, 0.3) is 0 Å². The highest BCUT2D eigenvalue weighted by Gasteiger charge is 2.24. The SMILES string of the molecule is Nc1c([N+](=O)[O-])ccc(F)c1C(=O)Nc1ncc[nH]1. The third kappa shape index (κ3) is 2.34. The molecule has 0 radical (unpaired) electrons. The number of anilines is 2. The van der Waals surface area contributed by atoms with Crippen molar-refractivity contribution in [2.24, 2.45) is 0 Å². The molecular formula is C10H8FN5O3. The van der Waals surface area contributed by atoms with Crippen LogP contribution >= 0.6 is 0 Å². The van der Waals surface area contributed by atoms with Crippen LogP contribution in [0.2, 0.25) is 0 Å². The summed E-state index contributed by atoms with van der Waals surface area (Å²) in [5, 5.41) is 12.9. The average Bonchev–Trinajstić information content (AvgIpc) is 2.81. The Kier molecular flexibility index (Phi) is 3.10. The third-order valence-corrected chi connectivity index (χ3v) is 2.33. The average molecular weight is 265 g/mol. The Morgan fingerprint density at radius 1 is 1.53 bits per heavy atom. The number of aromatic amines is 1. The third-order valence-electron chi connectivity index (χ3n) is 2.33. The smallest absolute Gasteiger partial charge is 0.293 e. The van der Waals surface area contributed by atoms with Gasteiger partial charge in [0.1, 0.15) is 17.1 Å². The molecule has 1 aromatic heterocycles. The van der Waals surface area contributed by atoms with E-state index in [1.54, 1.807) is 0 Å². The van der Waals surface area contributed by atoms with Crippen LogP contribution in [0.15, 0.2) is 24.5 Å². The van der Waals surface area contributed by atoms with Crippen LogP contribution in [-0.4, -0.2) is 20.8 Å². The zero-order valence-electron chi connectivity index (χ0n) is 9.38. The maximum Gasteiger partial charge on any atom is 0.293 e. The Morgan fingerprint density at radius 2 is 2.26 bits per heavy atom. The number of halogens is 1. The Balaban J connectivity index is 2.41. The molecule has 0 atom stereocenters. The normalized spacial score (nSPS) is 10.2. The van der Waals surface area contributed by atoms with E-state index in [1.807, 2.05) is 0 Å². The molecule has 0 spiro atoms. The zero-order valence-corrected chi connectivity index (χ0v) is 9.38. The number of nitrogens with one attached hydrogen (secondary N) is 2. The van der Waals surface area contributed by atoms with E-state index < -0.39 is 33.6 Å². The minimum atomic E-state index is -0.952. The highest BCUT2D eigenvalue weighted by atomic mass is 19.1. The molecule has 0 fully saturated rings. The predicted octanol–water partition coefficient (Wildman–Crippen LogP) is 1.29. The second-order valence-electron chi connectivity index (χ2n) is 3.50. The summed E-state index contributed by atoms with van der Waals surface area (Å²) in [5.74, 6) is -1.80. The predicted molar refractivity (Wildman–Crippen MR) is 64.0 cm³/mol. The molecule has 0 aliphatic rings. The summed E-state index contributed by atoms with van der Waals surface area (Å²) < 4.78 is 13.6. The topological polar surface area (TPSA) is 127 Å². The standard InChI is InChI=1S/C10H8FN5O3/c11-5-1-2-6(16(18)19)8(12)7(5)9(17)15-10-13-3-4-14-10/h1-4H,12H2,(H2,13,14,15,17). The maximum atomic E-state index is 13.6. The van der Waals surface area contributed by atoms with Gasteiger partial charge in [-0.05, 0) is 6.07 Å². The van der Waals surface area contributed by atoms with Gasteiger partial charge in [-0.1, -0.05) is 0 Å². The van der Waals surface area contributed by atoms with Gasteiger partial charge in [-0.2, -0.15) is 0 Å². The van der Waals surface area contributed by atoms with Crippen molar-refractivity contribution >= 4 is 23.2 Å². The second-order valence-corrected chi connectivity index (χ2v) is 3.50. The molecule has 1 amide bonds. The van der Waals surface area contributed by atoms with Gasteiger partial charge in [-0.15, -0.1) is 0 Å². The lowest BCUT2D eigenvalue weighted by Crippen LogP contribution is -2.17. The van der Waals surface area contributed by atoms with Crippen LogP contribution in [0.3, 0.4) is 0 Å². The van der Waals surface area contributed by atoms with Crippen LogP contribution in [0.5, 0.6) is 0 Å². The van der Waals surface area contributed by atoms with Crippen LogP contribution in [0, 0.1) is 15.9 Å². The molecule has 0 aliphatic heterocycles. The number of hydrogen-bond acceptors (Lipinski definition) is 5. The first-order valence-electron chi connectivity index (χ1n) is 5.04. The van der Waals surface area contributed by atoms with E-state index in [0.29, 0.717) is 0 Å². The number of nitrogen functional groups attached to an aromatic ring is 1. The molecule has 19 heavy (non-hydrogen) atoms. The quantitative estimate of drug-likeness (QED) is 0.437. The minimum absolute atomic E-state index is 0.0790. The van der Waals surface area contributed by atoms with Crippen LogP contribution in [-0.2, 0) is 0 Å². The number of aromatic nitrogens is 2. The van der Waals surface area contributed by atoms with Crippen molar-refractivity contribution in [1.29, 1.82) is 0 Å². The number of carbonyl (C=O) groups excluding carboxylic acids is 1. The van der Waals surface area contributed by atoms with E-state index in [1.165, 1.54) is 12.4 Å². The first kappa shape index (κ1) is 12.5. The van der Waals surface area contributed by atoms with Crippen LogP contribution in [0.4, 0.5) is 21.7 Å². The van der Waals surface area contributed by atoms with Gasteiger partial charge in [0.15, 0.2) is 0 Å². The number of H-pyrrole nitrogens is 1. The van der Waals surface area contributed by atoms with Crippen LogP contribution in [0.1, 0.15) is 10.4 Å². The summed E-state index contributed by atoms with van der Waals surface area (Å²) in [6.07, 6.45) is 2.82. The number of nitro groups is 1. The molecule has 0 unspecified atom stereocenters. The van der Waals surface area contributed by atoms with Gasteiger partial charge >= 0.3 is 0 Å². The molecule has 0 saturated carbocycles. The molecule has 0 bridgehead atoms. The summed E-state index contributed by atoms with van der Waals surface area (Å²) in [6, 6.07) is 1.71. The Bertz CT molecular complexity index is 641. The molecule has 4 N–H and O–H groups in total. The molecule has 0 aliphatic carbocycles. The van der Waals surface area contributed by atoms with E-state index in [-0.39, 0.29) is 5.95 Å². The molecule has 0 saturated heterocycles. The molecule has 2 rings (SSSR count). The number of nitrogens with zero attached hydrogens (tertiary/aromatic N) is 2. The number of nitrogens with two attached hydrogens (primary N) is 1.